The summed E-state index contributed by atoms with van der Waals surface area (Å²) >= 11 is 6.04. The van der Waals surface area contributed by atoms with Gasteiger partial charge in [-0.3, -0.25) is 23.3 Å². The van der Waals surface area contributed by atoms with Crippen molar-refractivity contribution >= 4 is 28.5 Å². The number of H-pyrrole nitrogens is 1. The van der Waals surface area contributed by atoms with Crippen LogP contribution in [0.25, 0.3) is 33.9 Å². The van der Waals surface area contributed by atoms with Gasteiger partial charge in [-0.2, -0.15) is 4.98 Å². The molecule has 3 heterocycles. The van der Waals surface area contributed by atoms with Gasteiger partial charge in [-0.25, -0.2) is 4.79 Å². The summed E-state index contributed by atoms with van der Waals surface area (Å²) < 4.78 is 5.00. The van der Waals surface area contributed by atoms with Crippen LogP contribution < -0.4 is 11.2 Å². The van der Waals surface area contributed by atoms with Crippen molar-refractivity contribution in [1.82, 2.24) is 23.5 Å². The van der Waals surface area contributed by atoms with E-state index in [9.17, 15) is 9.59 Å². The minimum Gasteiger partial charge on any atom is -0.279 e. The van der Waals surface area contributed by atoms with Crippen LogP contribution in [0.5, 0.6) is 0 Å². The molecule has 0 aliphatic heterocycles. The molecule has 0 saturated carbocycles. The van der Waals surface area contributed by atoms with Crippen molar-refractivity contribution in [2.75, 3.05) is 0 Å². The van der Waals surface area contributed by atoms with Crippen molar-refractivity contribution in [3.05, 3.63) is 86.7 Å². The minimum atomic E-state index is -0.498. The van der Waals surface area contributed by atoms with Crippen LogP contribution >= 0.6 is 11.6 Å². The lowest BCUT2D eigenvalue weighted by Crippen LogP contribution is -2.28. The molecule has 138 valence electrons. The summed E-state index contributed by atoms with van der Waals surface area (Å²) in [5.74, 6) is 0.540. The summed E-state index contributed by atoms with van der Waals surface area (Å²) in [5.41, 5.74) is 2.34. The van der Waals surface area contributed by atoms with E-state index in [2.05, 4.69) is 9.97 Å². The lowest BCUT2D eigenvalue weighted by molar-refractivity contribution is 0.831. The second-order valence-corrected chi connectivity index (χ2v) is 6.90. The molecule has 1 N–H and O–H groups in total. The first-order chi connectivity index (χ1) is 13.5. The van der Waals surface area contributed by atoms with Crippen molar-refractivity contribution < 1.29 is 0 Å². The molecule has 0 bridgehead atoms. The Balaban J connectivity index is 1.95. The fraction of sp³-hybridized carbons (Fsp3) is 0.0500. The van der Waals surface area contributed by atoms with E-state index in [1.54, 1.807) is 11.4 Å². The van der Waals surface area contributed by atoms with Crippen LogP contribution in [0, 0.1) is 0 Å². The molecule has 0 saturated heterocycles. The van der Waals surface area contributed by atoms with Gasteiger partial charge in [0.2, 0.25) is 5.78 Å². The van der Waals surface area contributed by atoms with Gasteiger partial charge in [-0.05, 0) is 24.3 Å². The van der Waals surface area contributed by atoms with Gasteiger partial charge in [0.05, 0.1) is 5.69 Å². The first-order valence-corrected chi connectivity index (χ1v) is 8.96. The molecule has 2 aromatic carbocycles. The Bertz CT molecular complexity index is 1460. The monoisotopic (exact) mass is 391 g/mol. The number of aromatic amines is 1. The SMILES string of the molecule is Cn1c(=O)[nH]c(=O)c2c1nc1n(-c3ccccc3)c(-c3ccc(Cl)cc3)cn21. The smallest absolute Gasteiger partial charge is 0.279 e. The topological polar surface area (TPSA) is 77.1 Å². The van der Waals surface area contributed by atoms with E-state index in [4.69, 9.17) is 11.6 Å². The van der Waals surface area contributed by atoms with Crippen LogP contribution in [-0.2, 0) is 7.05 Å². The fourth-order valence-electron chi connectivity index (χ4n) is 3.41. The number of aryl methyl sites for hydroxylation is 1. The minimum absolute atomic E-state index is 0.321. The Morgan fingerprint density at radius 2 is 1.71 bits per heavy atom. The number of fused-ring (bicyclic) bond motifs is 3. The van der Waals surface area contributed by atoms with Crippen LogP contribution in [0.1, 0.15) is 0 Å². The Labute approximate surface area is 163 Å². The van der Waals surface area contributed by atoms with Crippen molar-refractivity contribution in [1.29, 1.82) is 0 Å². The zero-order valence-corrected chi connectivity index (χ0v) is 15.5. The van der Waals surface area contributed by atoms with E-state index in [-0.39, 0.29) is 0 Å². The second-order valence-electron chi connectivity index (χ2n) is 6.46. The maximum absolute atomic E-state index is 12.5. The number of nitrogens with one attached hydrogen (secondary N) is 1. The van der Waals surface area contributed by atoms with Gasteiger partial charge in [0.15, 0.2) is 11.2 Å². The quantitative estimate of drug-likeness (QED) is 0.502. The molecular formula is C20H14ClN5O2. The van der Waals surface area contributed by atoms with Crippen LogP contribution in [0.4, 0.5) is 0 Å². The first-order valence-electron chi connectivity index (χ1n) is 8.59. The highest BCUT2D eigenvalue weighted by Gasteiger charge is 2.20. The Morgan fingerprint density at radius 1 is 1.00 bits per heavy atom. The third kappa shape index (κ3) is 2.33. The summed E-state index contributed by atoms with van der Waals surface area (Å²) in [6.45, 7) is 0. The standard InChI is InChI=1S/C20H14ClN5O2/c1-24-17-16(18(27)23-20(24)28)25-11-15(12-7-9-13(21)10-8-12)26(19(25)22-17)14-5-3-2-4-6-14/h2-11H,1H3,(H,23,27,28). The molecule has 0 aliphatic carbocycles. The van der Waals surface area contributed by atoms with E-state index in [1.165, 1.54) is 4.57 Å². The third-order valence-corrected chi connectivity index (χ3v) is 5.03. The maximum atomic E-state index is 12.5. The largest absolute Gasteiger partial charge is 0.329 e. The molecule has 5 aromatic rings. The predicted molar refractivity (Wildman–Crippen MR) is 108 cm³/mol. The number of rotatable bonds is 2. The van der Waals surface area contributed by atoms with Crippen molar-refractivity contribution in [3.8, 4) is 16.9 Å². The van der Waals surface area contributed by atoms with Gasteiger partial charge in [-0.15, -0.1) is 0 Å². The predicted octanol–water partition coefficient (Wildman–Crippen LogP) is 2.99. The van der Waals surface area contributed by atoms with Crippen LogP contribution in [0.3, 0.4) is 0 Å². The number of halogens is 1. The first kappa shape index (κ1) is 16.6. The molecule has 0 amide bonds. The third-order valence-electron chi connectivity index (χ3n) is 4.78. The average molecular weight is 392 g/mol. The van der Waals surface area contributed by atoms with Gasteiger partial charge in [0.1, 0.15) is 0 Å². The highest BCUT2D eigenvalue weighted by atomic mass is 35.5. The Morgan fingerprint density at radius 3 is 2.43 bits per heavy atom. The summed E-state index contributed by atoms with van der Waals surface area (Å²) in [6, 6.07) is 17.2. The zero-order chi connectivity index (χ0) is 19.4. The van der Waals surface area contributed by atoms with Crippen molar-refractivity contribution in [3.63, 3.8) is 0 Å². The second kappa shape index (κ2) is 5.97. The number of hydrogen-bond donors (Lipinski definition) is 1. The summed E-state index contributed by atoms with van der Waals surface area (Å²) in [5, 5.41) is 0.642. The molecule has 0 radical (unpaired) electrons. The lowest BCUT2D eigenvalue weighted by atomic mass is 10.1. The molecule has 28 heavy (non-hydrogen) atoms. The molecule has 0 aliphatic rings. The molecule has 0 fully saturated rings. The molecule has 0 spiro atoms. The van der Waals surface area contributed by atoms with Gasteiger partial charge >= 0.3 is 5.69 Å². The number of hydrogen-bond acceptors (Lipinski definition) is 3. The number of imidazole rings is 2. The van der Waals surface area contributed by atoms with Gasteiger partial charge in [0, 0.05) is 29.5 Å². The number of aromatic nitrogens is 5. The summed E-state index contributed by atoms with van der Waals surface area (Å²) in [4.78, 5) is 31.4. The summed E-state index contributed by atoms with van der Waals surface area (Å²) in [7, 11) is 1.58. The maximum Gasteiger partial charge on any atom is 0.329 e. The zero-order valence-electron chi connectivity index (χ0n) is 14.8. The van der Waals surface area contributed by atoms with Crippen molar-refractivity contribution in [2.45, 2.75) is 0 Å². The van der Waals surface area contributed by atoms with E-state index in [0.717, 1.165) is 16.9 Å². The number of benzene rings is 2. The van der Waals surface area contributed by atoms with Crippen molar-refractivity contribution in [2.24, 2.45) is 7.05 Å². The van der Waals surface area contributed by atoms with E-state index < -0.39 is 11.2 Å². The molecule has 5 rings (SSSR count). The normalized spacial score (nSPS) is 11.5. The molecule has 8 heteroatoms. The van der Waals surface area contributed by atoms with E-state index in [1.807, 2.05) is 65.4 Å². The molecule has 0 atom stereocenters. The summed E-state index contributed by atoms with van der Waals surface area (Å²) in [6.07, 6.45) is 1.85. The highest BCUT2D eigenvalue weighted by Crippen LogP contribution is 2.29. The van der Waals surface area contributed by atoms with E-state index in [0.29, 0.717) is 22.0 Å². The number of para-hydroxylation sites is 1. The van der Waals surface area contributed by atoms with Crippen LogP contribution in [0.15, 0.2) is 70.4 Å². The Hall–Kier alpha value is -3.58. The number of nitrogens with zero attached hydrogens (tertiary/aromatic N) is 4. The van der Waals surface area contributed by atoms with Crippen LogP contribution in [0.2, 0.25) is 5.02 Å². The molecule has 3 aromatic heterocycles. The van der Waals surface area contributed by atoms with Gasteiger partial charge < -0.3 is 0 Å². The highest BCUT2D eigenvalue weighted by molar-refractivity contribution is 6.30. The molecular weight excluding hydrogens is 378 g/mol. The fourth-order valence-corrected chi connectivity index (χ4v) is 3.54. The van der Waals surface area contributed by atoms with E-state index >= 15 is 0 Å². The molecule has 0 unspecified atom stereocenters. The van der Waals surface area contributed by atoms with Gasteiger partial charge in [0.25, 0.3) is 5.56 Å². The Kier molecular flexibility index (Phi) is 3.53. The van der Waals surface area contributed by atoms with Gasteiger partial charge in [-0.1, -0.05) is 41.9 Å². The average Bonchev–Trinajstić information content (AvgIpc) is 3.24. The molecule has 7 nitrogen and oxygen atoms in total. The lowest BCUT2D eigenvalue weighted by Gasteiger charge is -2.09. The van der Waals surface area contributed by atoms with Crippen LogP contribution in [-0.4, -0.2) is 23.5 Å².